The van der Waals surface area contributed by atoms with Crippen molar-refractivity contribution in [2.45, 2.75) is 26.9 Å². The van der Waals surface area contributed by atoms with Gasteiger partial charge in [-0.15, -0.1) is 5.73 Å². The second kappa shape index (κ2) is 10.00. The maximum Gasteiger partial charge on any atom is 0.338 e. The van der Waals surface area contributed by atoms with Crippen molar-refractivity contribution < 1.29 is 23.8 Å². The van der Waals surface area contributed by atoms with E-state index in [1.54, 1.807) is 37.3 Å². The van der Waals surface area contributed by atoms with Crippen molar-refractivity contribution in [3.05, 3.63) is 78.0 Å². The zero-order chi connectivity index (χ0) is 23.1. The van der Waals surface area contributed by atoms with Crippen molar-refractivity contribution >= 4 is 11.9 Å². The first-order chi connectivity index (χ1) is 15.4. The van der Waals surface area contributed by atoms with Crippen molar-refractivity contribution in [1.29, 1.82) is 5.26 Å². The predicted molar refractivity (Wildman–Crippen MR) is 117 cm³/mol. The minimum Gasteiger partial charge on any atom is -0.462 e. The second-order valence-electron chi connectivity index (χ2n) is 7.99. The lowest BCUT2D eigenvalue weighted by Crippen LogP contribution is -2.14. The van der Waals surface area contributed by atoms with E-state index in [1.807, 2.05) is 50.2 Å². The highest BCUT2D eigenvalue weighted by atomic mass is 16.5. The van der Waals surface area contributed by atoms with Gasteiger partial charge in [0, 0.05) is 11.5 Å². The molecule has 2 aromatic carbocycles. The monoisotopic (exact) mass is 431 g/mol. The van der Waals surface area contributed by atoms with Gasteiger partial charge < -0.3 is 14.2 Å². The third-order valence-corrected chi connectivity index (χ3v) is 5.42. The number of carbonyl (C=O) groups excluding carboxylic acids is 2. The summed E-state index contributed by atoms with van der Waals surface area (Å²) in [6, 6.07) is 18.2. The van der Waals surface area contributed by atoms with E-state index in [1.165, 1.54) is 6.08 Å². The molecule has 0 spiro atoms. The summed E-state index contributed by atoms with van der Waals surface area (Å²) < 4.78 is 16.2. The minimum atomic E-state index is -1.06. The molecular formula is C26H25NO5. The number of para-hydroxylation sites is 1. The summed E-state index contributed by atoms with van der Waals surface area (Å²) in [5.41, 5.74) is 2.96. The molecule has 1 aliphatic carbocycles. The first-order valence-corrected chi connectivity index (χ1v) is 10.4. The van der Waals surface area contributed by atoms with Gasteiger partial charge in [-0.25, -0.2) is 4.79 Å². The zero-order valence-corrected chi connectivity index (χ0v) is 18.3. The Balaban J connectivity index is 1.67. The highest BCUT2D eigenvalue weighted by Gasteiger charge is 2.61. The molecule has 3 rings (SSSR count). The quantitative estimate of drug-likeness (QED) is 0.327. The van der Waals surface area contributed by atoms with E-state index in [4.69, 9.17) is 14.2 Å². The molecule has 0 heterocycles. The Kier molecular flexibility index (Phi) is 7.14. The molecular weight excluding hydrogens is 406 g/mol. The molecule has 0 unspecified atom stereocenters. The highest BCUT2D eigenvalue weighted by molar-refractivity contribution is 5.82. The van der Waals surface area contributed by atoms with Gasteiger partial charge in [0.1, 0.15) is 17.6 Å². The Labute approximate surface area is 187 Å². The molecule has 0 bridgehead atoms. The first-order valence-electron chi connectivity index (χ1n) is 10.4. The number of nitrogens with zero attached hydrogens (tertiary/aromatic N) is 1. The second-order valence-corrected chi connectivity index (χ2v) is 7.99. The van der Waals surface area contributed by atoms with Gasteiger partial charge in [0.25, 0.3) is 0 Å². The maximum atomic E-state index is 12.8. The molecule has 32 heavy (non-hydrogen) atoms. The van der Waals surface area contributed by atoms with Crippen molar-refractivity contribution in [2.24, 2.45) is 17.3 Å². The molecule has 6 heteroatoms. The van der Waals surface area contributed by atoms with Crippen LogP contribution >= 0.6 is 0 Å². The van der Waals surface area contributed by atoms with Crippen LogP contribution in [0.15, 0.2) is 72.5 Å². The molecule has 1 aliphatic rings. The lowest BCUT2D eigenvalue weighted by Gasteiger charge is -2.13. The normalized spacial score (nSPS) is 18.8. The molecule has 1 saturated carbocycles. The molecule has 0 N–H and O–H groups in total. The fraction of sp³-hybridized carbons (Fsp3) is 0.308. The Hall–Kier alpha value is -3.81. The molecule has 1 fully saturated rings. The van der Waals surface area contributed by atoms with Crippen molar-refractivity contribution in [1.82, 2.24) is 0 Å². The lowest BCUT2D eigenvalue weighted by atomic mass is 10.1. The molecule has 2 aromatic rings. The van der Waals surface area contributed by atoms with Crippen LogP contribution in [0.4, 0.5) is 0 Å². The lowest BCUT2D eigenvalue weighted by molar-refractivity contribution is -0.149. The van der Waals surface area contributed by atoms with Crippen LogP contribution < -0.4 is 4.74 Å². The van der Waals surface area contributed by atoms with E-state index in [9.17, 15) is 14.9 Å². The van der Waals surface area contributed by atoms with Crippen molar-refractivity contribution in [3.63, 3.8) is 0 Å². The molecule has 0 amide bonds. The van der Waals surface area contributed by atoms with Crippen LogP contribution in [-0.4, -0.2) is 18.5 Å². The molecule has 0 saturated heterocycles. The summed E-state index contributed by atoms with van der Waals surface area (Å²) in [5.74, 6) is -0.307. The predicted octanol–water partition coefficient (Wildman–Crippen LogP) is 5.13. The van der Waals surface area contributed by atoms with E-state index in [0.29, 0.717) is 17.1 Å². The Morgan fingerprint density at radius 2 is 1.84 bits per heavy atom. The number of hydrogen-bond donors (Lipinski definition) is 0. The Morgan fingerprint density at radius 1 is 1.12 bits per heavy atom. The average molecular weight is 431 g/mol. The largest absolute Gasteiger partial charge is 0.462 e. The number of carbonyl (C=O) groups is 2. The highest BCUT2D eigenvalue weighted by Crippen LogP contribution is 2.59. The van der Waals surface area contributed by atoms with Crippen LogP contribution in [0.5, 0.6) is 11.5 Å². The van der Waals surface area contributed by atoms with Gasteiger partial charge in [-0.05, 0) is 42.7 Å². The minimum absolute atomic E-state index is 0.146. The van der Waals surface area contributed by atoms with Gasteiger partial charge in [-0.3, -0.25) is 4.79 Å². The smallest absolute Gasteiger partial charge is 0.338 e. The first kappa shape index (κ1) is 22.9. The van der Waals surface area contributed by atoms with Crippen LogP contribution in [0.2, 0.25) is 0 Å². The number of ether oxygens (including phenoxy) is 3. The fourth-order valence-corrected chi connectivity index (χ4v) is 3.57. The SMILES string of the molecule is CCOC(=O)C=C=C[C@H]1[C@@H](C(=O)O[C@H](C#N)c2cccc(Oc3ccccc3)c2)C1(C)C. The van der Waals surface area contributed by atoms with Crippen LogP contribution in [0.25, 0.3) is 0 Å². The number of rotatable bonds is 8. The standard InChI is InChI=1S/C26H25NO5/c1-4-30-23(28)15-9-14-21-24(26(21,2)3)25(29)32-22(17-27)18-10-8-13-20(16-18)31-19-11-6-5-7-12-19/h5-8,10-16,21-22,24H,4H2,1-3H3/t9?,21-,22+,24-/m0/s1. The summed E-state index contributed by atoms with van der Waals surface area (Å²) in [7, 11) is 0. The van der Waals surface area contributed by atoms with Gasteiger partial charge in [0.05, 0.1) is 18.6 Å². The molecule has 0 aromatic heterocycles. The summed E-state index contributed by atoms with van der Waals surface area (Å²) in [6.45, 7) is 5.87. The Morgan fingerprint density at radius 3 is 2.53 bits per heavy atom. The third kappa shape index (κ3) is 5.46. The summed E-state index contributed by atoms with van der Waals surface area (Å²) in [6.07, 6.45) is 1.83. The summed E-state index contributed by atoms with van der Waals surface area (Å²) in [5, 5.41) is 9.62. The van der Waals surface area contributed by atoms with E-state index < -0.39 is 24.0 Å². The van der Waals surface area contributed by atoms with Gasteiger partial charge >= 0.3 is 11.9 Å². The van der Waals surface area contributed by atoms with Crippen LogP contribution in [0.1, 0.15) is 32.4 Å². The van der Waals surface area contributed by atoms with Crippen molar-refractivity contribution in [2.75, 3.05) is 6.61 Å². The van der Waals surface area contributed by atoms with Crippen LogP contribution in [-0.2, 0) is 19.1 Å². The molecule has 0 radical (unpaired) electrons. The summed E-state index contributed by atoms with van der Waals surface area (Å²) >= 11 is 0. The summed E-state index contributed by atoms with van der Waals surface area (Å²) in [4.78, 5) is 24.2. The van der Waals surface area contributed by atoms with E-state index in [2.05, 4.69) is 5.73 Å². The number of hydrogen-bond acceptors (Lipinski definition) is 6. The molecule has 0 aliphatic heterocycles. The van der Waals surface area contributed by atoms with Gasteiger partial charge in [0.2, 0.25) is 6.10 Å². The number of esters is 2. The number of nitriles is 1. The van der Waals surface area contributed by atoms with Gasteiger partial charge in [-0.2, -0.15) is 5.26 Å². The topological polar surface area (TPSA) is 85.6 Å². The fourth-order valence-electron chi connectivity index (χ4n) is 3.57. The van der Waals surface area contributed by atoms with E-state index in [0.717, 1.165) is 0 Å². The molecule has 3 atom stereocenters. The number of benzene rings is 2. The maximum absolute atomic E-state index is 12.8. The molecule has 6 nitrogen and oxygen atoms in total. The molecule has 164 valence electrons. The van der Waals surface area contributed by atoms with Crippen molar-refractivity contribution in [3.8, 4) is 17.6 Å². The zero-order valence-electron chi connectivity index (χ0n) is 18.3. The average Bonchev–Trinajstić information content (AvgIpc) is 3.33. The van der Waals surface area contributed by atoms with Crippen LogP contribution in [0.3, 0.4) is 0 Å². The van der Waals surface area contributed by atoms with E-state index >= 15 is 0 Å². The Bertz CT molecular complexity index is 1080. The third-order valence-electron chi connectivity index (χ3n) is 5.42. The van der Waals surface area contributed by atoms with E-state index in [-0.39, 0.29) is 17.9 Å². The van der Waals surface area contributed by atoms with Crippen LogP contribution in [0, 0.1) is 28.6 Å². The van der Waals surface area contributed by atoms with Gasteiger partial charge in [0.15, 0.2) is 0 Å². The van der Waals surface area contributed by atoms with Gasteiger partial charge in [-0.1, -0.05) is 44.2 Å².